The van der Waals surface area contributed by atoms with Gasteiger partial charge in [-0.2, -0.15) is 10.2 Å². The average molecular weight is 288 g/mol. The van der Waals surface area contributed by atoms with Crippen molar-refractivity contribution in [2.75, 3.05) is 13.1 Å². The van der Waals surface area contributed by atoms with Crippen molar-refractivity contribution in [3.63, 3.8) is 0 Å². The minimum atomic E-state index is -0.00146. The standard InChI is InChI=1S/C14H20N6O/c1-2-4-11-7-13(18-17-11)14(21)19-6-3-5-12(8-19)20-10-15-9-16-20/h7,9-10,12H,2-6,8H2,1H3,(H,17,18)/t12-/m1/s1. The van der Waals surface area contributed by atoms with Crippen LogP contribution in [0.3, 0.4) is 0 Å². The van der Waals surface area contributed by atoms with E-state index in [-0.39, 0.29) is 11.9 Å². The Kier molecular flexibility index (Phi) is 3.98. The molecule has 1 aliphatic heterocycles. The van der Waals surface area contributed by atoms with Gasteiger partial charge in [0.2, 0.25) is 0 Å². The summed E-state index contributed by atoms with van der Waals surface area (Å²) in [6, 6.07) is 2.07. The molecule has 7 nitrogen and oxygen atoms in total. The molecule has 0 saturated carbocycles. The molecule has 1 fully saturated rings. The monoisotopic (exact) mass is 288 g/mol. The van der Waals surface area contributed by atoms with E-state index in [0.717, 1.165) is 37.9 Å². The summed E-state index contributed by atoms with van der Waals surface area (Å²) in [5, 5.41) is 11.3. The van der Waals surface area contributed by atoms with Crippen molar-refractivity contribution >= 4 is 5.91 Å². The van der Waals surface area contributed by atoms with Crippen LogP contribution in [0.2, 0.25) is 0 Å². The van der Waals surface area contributed by atoms with Crippen molar-refractivity contribution in [3.05, 3.63) is 30.1 Å². The normalized spacial score (nSPS) is 18.9. The van der Waals surface area contributed by atoms with Gasteiger partial charge < -0.3 is 4.90 Å². The molecule has 0 bridgehead atoms. The molecule has 0 aromatic carbocycles. The second kappa shape index (κ2) is 6.07. The topological polar surface area (TPSA) is 79.7 Å². The lowest BCUT2D eigenvalue weighted by atomic mass is 10.1. The summed E-state index contributed by atoms with van der Waals surface area (Å²) in [4.78, 5) is 18.4. The van der Waals surface area contributed by atoms with Gasteiger partial charge in [-0.3, -0.25) is 9.89 Å². The summed E-state index contributed by atoms with van der Waals surface area (Å²) in [5.74, 6) is -0.00146. The number of aryl methyl sites for hydroxylation is 1. The minimum Gasteiger partial charge on any atom is -0.335 e. The van der Waals surface area contributed by atoms with Crippen molar-refractivity contribution in [2.24, 2.45) is 0 Å². The van der Waals surface area contributed by atoms with Crippen LogP contribution in [0.15, 0.2) is 18.7 Å². The number of rotatable bonds is 4. The van der Waals surface area contributed by atoms with Gasteiger partial charge >= 0.3 is 0 Å². The van der Waals surface area contributed by atoms with Crippen molar-refractivity contribution < 1.29 is 4.79 Å². The van der Waals surface area contributed by atoms with E-state index in [0.29, 0.717) is 12.2 Å². The predicted octanol–water partition coefficient (Wildman–Crippen LogP) is 1.43. The van der Waals surface area contributed by atoms with E-state index in [1.165, 1.54) is 6.33 Å². The number of carbonyl (C=O) groups is 1. The SMILES string of the molecule is CCCc1cc(C(=O)N2CCC[C@@H](n3cncn3)C2)n[nH]1. The van der Waals surface area contributed by atoms with Gasteiger partial charge in [0, 0.05) is 18.8 Å². The number of nitrogens with one attached hydrogen (secondary N) is 1. The number of carbonyl (C=O) groups excluding carboxylic acids is 1. The molecule has 2 aromatic heterocycles. The minimum absolute atomic E-state index is 0.00146. The zero-order valence-electron chi connectivity index (χ0n) is 12.2. The Labute approximate surface area is 123 Å². The molecule has 1 aliphatic rings. The number of hydrogen-bond donors (Lipinski definition) is 1. The number of nitrogens with zero attached hydrogens (tertiary/aromatic N) is 5. The first-order chi connectivity index (χ1) is 10.3. The van der Waals surface area contributed by atoms with Gasteiger partial charge in [0.05, 0.1) is 6.04 Å². The van der Waals surface area contributed by atoms with Crippen LogP contribution in [0.4, 0.5) is 0 Å². The highest BCUT2D eigenvalue weighted by Gasteiger charge is 2.27. The highest BCUT2D eigenvalue weighted by atomic mass is 16.2. The van der Waals surface area contributed by atoms with Crippen LogP contribution in [-0.4, -0.2) is 48.9 Å². The molecule has 2 aromatic rings. The lowest BCUT2D eigenvalue weighted by molar-refractivity contribution is 0.0666. The maximum Gasteiger partial charge on any atom is 0.274 e. The summed E-state index contributed by atoms with van der Waals surface area (Å²) >= 11 is 0. The molecular formula is C14H20N6O. The van der Waals surface area contributed by atoms with Crippen LogP contribution in [0.5, 0.6) is 0 Å². The number of aromatic nitrogens is 5. The number of H-pyrrole nitrogens is 1. The Hall–Kier alpha value is -2.18. The first-order valence-electron chi connectivity index (χ1n) is 7.45. The van der Waals surface area contributed by atoms with E-state index in [1.807, 2.05) is 15.6 Å². The zero-order chi connectivity index (χ0) is 14.7. The summed E-state index contributed by atoms with van der Waals surface area (Å²) in [7, 11) is 0. The number of likely N-dealkylation sites (tertiary alicyclic amines) is 1. The van der Waals surface area contributed by atoms with Gasteiger partial charge in [-0.05, 0) is 25.3 Å². The van der Waals surface area contributed by atoms with Gasteiger partial charge in [-0.15, -0.1) is 0 Å². The highest BCUT2D eigenvalue weighted by Crippen LogP contribution is 2.21. The third-order valence-corrected chi connectivity index (χ3v) is 3.86. The maximum atomic E-state index is 12.5. The van der Waals surface area contributed by atoms with Gasteiger partial charge in [0.15, 0.2) is 0 Å². The Morgan fingerprint density at radius 1 is 1.52 bits per heavy atom. The molecule has 1 saturated heterocycles. The van der Waals surface area contributed by atoms with E-state index in [4.69, 9.17) is 0 Å². The molecule has 1 atom stereocenters. The fourth-order valence-electron chi connectivity index (χ4n) is 2.79. The maximum absolute atomic E-state index is 12.5. The predicted molar refractivity (Wildman–Crippen MR) is 76.8 cm³/mol. The molecule has 0 spiro atoms. The van der Waals surface area contributed by atoms with Crippen LogP contribution in [0.25, 0.3) is 0 Å². The van der Waals surface area contributed by atoms with Crippen LogP contribution in [0.1, 0.15) is 48.4 Å². The fraction of sp³-hybridized carbons (Fsp3) is 0.571. The van der Waals surface area contributed by atoms with Crippen molar-refractivity contribution in [3.8, 4) is 0 Å². The molecule has 3 heterocycles. The van der Waals surface area contributed by atoms with Gasteiger partial charge in [-0.25, -0.2) is 9.67 Å². The van der Waals surface area contributed by atoms with Gasteiger partial charge in [0.1, 0.15) is 18.3 Å². The average Bonchev–Trinajstić information content (AvgIpc) is 3.18. The van der Waals surface area contributed by atoms with Crippen LogP contribution < -0.4 is 0 Å². The molecule has 3 rings (SSSR count). The van der Waals surface area contributed by atoms with E-state index in [9.17, 15) is 4.79 Å². The second-order valence-electron chi connectivity index (χ2n) is 5.45. The summed E-state index contributed by atoms with van der Waals surface area (Å²) in [5.41, 5.74) is 1.53. The molecule has 0 unspecified atom stereocenters. The molecule has 0 aliphatic carbocycles. The lowest BCUT2D eigenvalue weighted by Gasteiger charge is -2.32. The Morgan fingerprint density at radius 3 is 3.19 bits per heavy atom. The third kappa shape index (κ3) is 2.96. The molecular weight excluding hydrogens is 268 g/mol. The first kappa shape index (κ1) is 13.8. The van der Waals surface area contributed by atoms with Crippen LogP contribution in [0, 0.1) is 0 Å². The molecule has 21 heavy (non-hydrogen) atoms. The van der Waals surface area contributed by atoms with Gasteiger partial charge in [-0.1, -0.05) is 13.3 Å². The largest absolute Gasteiger partial charge is 0.335 e. The second-order valence-corrected chi connectivity index (χ2v) is 5.45. The van der Waals surface area contributed by atoms with Crippen molar-refractivity contribution in [2.45, 2.75) is 38.6 Å². The van der Waals surface area contributed by atoms with Crippen molar-refractivity contribution in [1.82, 2.24) is 29.9 Å². The summed E-state index contributed by atoms with van der Waals surface area (Å²) in [6.45, 7) is 3.55. The molecule has 112 valence electrons. The van der Waals surface area contributed by atoms with E-state index >= 15 is 0 Å². The number of piperidine rings is 1. The van der Waals surface area contributed by atoms with Crippen molar-refractivity contribution in [1.29, 1.82) is 0 Å². The quantitative estimate of drug-likeness (QED) is 0.923. The molecule has 1 N–H and O–H groups in total. The zero-order valence-corrected chi connectivity index (χ0v) is 12.2. The highest BCUT2D eigenvalue weighted by molar-refractivity contribution is 5.92. The number of hydrogen-bond acceptors (Lipinski definition) is 4. The summed E-state index contributed by atoms with van der Waals surface area (Å²) < 4.78 is 1.84. The third-order valence-electron chi connectivity index (χ3n) is 3.86. The first-order valence-corrected chi connectivity index (χ1v) is 7.45. The number of amides is 1. The van der Waals surface area contributed by atoms with E-state index in [1.54, 1.807) is 6.33 Å². The number of aromatic amines is 1. The van der Waals surface area contributed by atoms with Gasteiger partial charge in [0.25, 0.3) is 5.91 Å². The Morgan fingerprint density at radius 2 is 2.43 bits per heavy atom. The van der Waals surface area contributed by atoms with E-state index < -0.39 is 0 Å². The molecule has 7 heteroatoms. The molecule has 0 radical (unpaired) electrons. The van der Waals surface area contributed by atoms with E-state index in [2.05, 4.69) is 27.2 Å². The van der Waals surface area contributed by atoms with Crippen LogP contribution in [-0.2, 0) is 6.42 Å². The fourth-order valence-corrected chi connectivity index (χ4v) is 2.79. The Balaban J connectivity index is 1.68. The van der Waals surface area contributed by atoms with Crippen LogP contribution >= 0.6 is 0 Å². The molecule has 1 amide bonds. The Bertz CT molecular complexity index is 590. The summed E-state index contributed by atoms with van der Waals surface area (Å²) in [6.07, 6.45) is 7.20. The lowest BCUT2D eigenvalue weighted by Crippen LogP contribution is -2.41. The smallest absolute Gasteiger partial charge is 0.274 e.